The van der Waals surface area contributed by atoms with Crippen LogP contribution in [0.3, 0.4) is 0 Å². The van der Waals surface area contributed by atoms with E-state index in [1.165, 1.54) is 25.9 Å². The van der Waals surface area contributed by atoms with Gasteiger partial charge in [-0.1, -0.05) is 5.16 Å². The monoisotopic (exact) mass is 209 g/mol. The standard InChI is InChI=1S/C11H19N3O/c1-12-8-10-2-5-14(6-3-10)9-11-4-7-15-13-11/h4,7,10,12H,2-3,5-6,8-9H2,1H3. The molecule has 1 saturated heterocycles. The summed E-state index contributed by atoms with van der Waals surface area (Å²) < 4.78 is 4.83. The van der Waals surface area contributed by atoms with Gasteiger partial charge < -0.3 is 9.84 Å². The third-order valence-electron chi connectivity index (χ3n) is 3.08. The maximum atomic E-state index is 4.83. The van der Waals surface area contributed by atoms with E-state index in [1.807, 2.05) is 13.1 Å². The van der Waals surface area contributed by atoms with Gasteiger partial charge in [0.05, 0.1) is 5.69 Å². The highest BCUT2D eigenvalue weighted by Gasteiger charge is 2.18. The van der Waals surface area contributed by atoms with E-state index in [-0.39, 0.29) is 0 Å². The molecule has 84 valence electrons. The van der Waals surface area contributed by atoms with Crippen molar-refractivity contribution in [2.45, 2.75) is 19.4 Å². The van der Waals surface area contributed by atoms with Crippen LogP contribution >= 0.6 is 0 Å². The minimum absolute atomic E-state index is 0.851. The summed E-state index contributed by atoms with van der Waals surface area (Å²) >= 11 is 0. The molecule has 0 radical (unpaired) electrons. The van der Waals surface area contributed by atoms with Crippen LogP contribution < -0.4 is 5.32 Å². The zero-order valence-corrected chi connectivity index (χ0v) is 9.28. The number of hydrogen-bond donors (Lipinski definition) is 1. The highest BCUT2D eigenvalue weighted by Crippen LogP contribution is 2.17. The Kier molecular flexibility index (Phi) is 3.75. The third kappa shape index (κ3) is 3.04. The number of hydrogen-bond acceptors (Lipinski definition) is 4. The van der Waals surface area contributed by atoms with Crippen LogP contribution in [0.15, 0.2) is 16.9 Å². The van der Waals surface area contributed by atoms with E-state index in [9.17, 15) is 0 Å². The van der Waals surface area contributed by atoms with Crippen molar-refractivity contribution in [2.24, 2.45) is 5.92 Å². The molecular weight excluding hydrogens is 190 g/mol. The zero-order chi connectivity index (χ0) is 10.5. The van der Waals surface area contributed by atoms with Crippen molar-refractivity contribution in [2.75, 3.05) is 26.7 Å². The zero-order valence-electron chi connectivity index (χ0n) is 9.28. The molecule has 1 aliphatic heterocycles. The van der Waals surface area contributed by atoms with E-state index < -0.39 is 0 Å². The number of likely N-dealkylation sites (tertiary alicyclic amines) is 1. The molecule has 0 unspecified atom stereocenters. The van der Waals surface area contributed by atoms with E-state index in [2.05, 4.69) is 15.4 Å². The molecule has 4 heteroatoms. The second kappa shape index (κ2) is 5.28. The van der Waals surface area contributed by atoms with Gasteiger partial charge in [0.15, 0.2) is 0 Å². The first kappa shape index (κ1) is 10.6. The molecule has 4 nitrogen and oxygen atoms in total. The van der Waals surface area contributed by atoms with E-state index in [1.54, 1.807) is 6.26 Å². The third-order valence-corrected chi connectivity index (χ3v) is 3.08. The molecule has 1 aliphatic rings. The molecule has 0 spiro atoms. The van der Waals surface area contributed by atoms with Gasteiger partial charge in [0.1, 0.15) is 6.26 Å². The summed E-state index contributed by atoms with van der Waals surface area (Å²) in [5.74, 6) is 0.851. The molecule has 1 N–H and O–H groups in total. The first-order valence-corrected chi connectivity index (χ1v) is 5.64. The Labute approximate surface area is 90.6 Å². The number of nitrogens with one attached hydrogen (secondary N) is 1. The van der Waals surface area contributed by atoms with Crippen LogP contribution in [0, 0.1) is 5.92 Å². The van der Waals surface area contributed by atoms with Crippen LogP contribution in [-0.2, 0) is 6.54 Å². The molecule has 0 atom stereocenters. The normalized spacial score (nSPS) is 19.5. The highest BCUT2D eigenvalue weighted by molar-refractivity contribution is 4.95. The Morgan fingerprint density at radius 1 is 1.53 bits per heavy atom. The molecule has 2 rings (SSSR count). The summed E-state index contributed by atoms with van der Waals surface area (Å²) in [5, 5.41) is 7.19. The van der Waals surface area contributed by atoms with Gasteiger partial charge in [0.2, 0.25) is 0 Å². The van der Waals surface area contributed by atoms with Gasteiger partial charge in [0.25, 0.3) is 0 Å². The second-order valence-electron chi connectivity index (χ2n) is 4.27. The minimum atomic E-state index is 0.851. The molecule has 0 aliphatic carbocycles. The largest absolute Gasteiger partial charge is 0.364 e. The second-order valence-corrected chi connectivity index (χ2v) is 4.27. The quantitative estimate of drug-likeness (QED) is 0.806. The van der Waals surface area contributed by atoms with Gasteiger partial charge in [-0.15, -0.1) is 0 Å². The maximum Gasteiger partial charge on any atom is 0.124 e. The number of piperidine rings is 1. The average Bonchev–Trinajstić information content (AvgIpc) is 2.74. The van der Waals surface area contributed by atoms with Crippen molar-refractivity contribution < 1.29 is 4.52 Å². The predicted molar refractivity (Wildman–Crippen MR) is 58.4 cm³/mol. The lowest BCUT2D eigenvalue weighted by Crippen LogP contribution is -2.36. The summed E-state index contributed by atoms with van der Waals surface area (Å²) in [7, 11) is 2.03. The summed E-state index contributed by atoms with van der Waals surface area (Å²) in [6.07, 6.45) is 4.22. The van der Waals surface area contributed by atoms with Gasteiger partial charge in [-0.3, -0.25) is 4.90 Å². The fraction of sp³-hybridized carbons (Fsp3) is 0.727. The Bertz CT molecular complexity index is 265. The lowest BCUT2D eigenvalue weighted by molar-refractivity contribution is 0.173. The molecule has 15 heavy (non-hydrogen) atoms. The molecule has 2 heterocycles. The first-order valence-electron chi connectivity index (χ1n) is 5.64. The van der Waals surface area contributed by atoms with Crippen molar-refractivity contribution in [1.29, 1.82) is 0 Å². The maximum absolute atomic E-state index is 4.83. The van der Waals surface area contributed by atoms with Crippen LogP contribution in [0.2, 0.25) is 0 Å². The van der Waals surface area contributed by atoms with Crippen molar-refractivity contribution in [3.63, 3.8) is 0 Å². The Morgan fingerprint density at radius 2 is 2.33 bits per heavy atom. The number of nitrogens with zero attached hydrogens (tertiary/aromatic N) is 2. The molecule has 0 amide bonds. The summed E-state index contributed by atoms with van der Waals surface area (Å²) in [6, 6.07) is 1.94. The molecule has 1 aromatic heterocycles. The fourth-order valence-corrected chi connectivity index (χ4v) is 2.19. The summed E-state index contributed by atoms with van der Waals surface area (Å²) in [6.45, 7) is 4.44. The molecular formula is C11H19N3O. The smallest absolute Gasteiger partial charge is 0.124 e. The van der Waals surface area contributed by atoms with Gasteiger partial charge in [-0.25, -0.2) is 0 Å². The number of aromatic nitrogens is 1. The minimum Gasteiger partial charge on any atom is -0.364 e. The summed E-state index contributed by atoms with van der Waals surface area (Å²) in [5.41, 5.74) is 1.04. The van der Waals surface area contributed by atoms with E-state index in [4.69, 9.17) is 4.52 Å². The Morgan fingerprint density at radius 3 is 2.93 bits per heavy atom. The van der Waals surface area contributed by atoms with Crippen LogP contribution in [-0.4, -0.2) is 36.7 Å². The molecule has 0 aromatic carbocycles. The van der Waals surface area contributed by atoms with Crippen LogP contribution in [0.4, 0.5) is 0 Å². The fourth-order valence-electron chi connectivity index (χ4n) is 2.19. The molecule has 1 aromatic rings. The van der Waals surface area contributed by atoms with E-state index in [0.717, 1.165) is 24.7 Å². The van der Waals surface area contributed by atoms with Gasteiger partial charge in [-0.05, 0) is 45.4 Å². The Balaban J connectivity index is 1.74. The van der Waals surface area contributed by atoms with Crippen molar-refractivity contribution in [1.82, 2.24) is 15.4 Å². The average molecular weight is 209 g/mol. The van der Waals surface area contributed by atoms with Crippen LogP contribution in [0.5, 0.6) is 0 Å². The van der Waals surface area contributed by atoms with E-state index in [0.29, 0.717) is 0 Å². The lowest BCUT2D eigenvalue weighted by Gasteiger charge is -2.31. The molecule has 0 bridgehead atoms. The predicted octanol–water partition coefficient (Wildman–Crippen LogP) is 1.11. The summed E-state index contributed by atoms with van der Waals surface area (Å²) in [4.78, 5) is 2.45. The lowest BCUT2D eigenvalue weighted by atomic mass is 9.97. The molecule has 1 fully saturated rings. The van der Waals surface area contributed by atoms with Crippen molar-refractivity contribution >= 4 is 0 Å². The van der Waals surface area contributed by atoms with Crippen LogP contribution in [0.25, 0.3) is 0 Å². The topological polar surface area (TPSA) is 41.3 Å². The Hall–Kier alpha value is -0.870. The first-order chi connectivity index (χ1) is 7.38. The highest BCUT2D eigenvalue weighted by atomic mass is 16.5. The molecule has 0 saturated carbocycles. The van der Waals surface area contributed by atoms with Crippen molar-refractivity contribution in [3.8, 4) is 0 Å². The SMILES string of the molecule is CNCC1CCN(Cc2ccon2)CC1. The van der Waals surface area contributed by atoms with Gasteiger partial charge >= 0.3 is 0 Å². The van der Waals surface area contributed by atoms with E-state index >= 15 is 0 Å². The van der Waals surface area contributed by atoms with Gasteiger partial charge in [-0.2, -0.15) is 0 Å². The van der Waals surface area contributed by atoms with Crippen LogP contribution in [0.1, 0.15) is 18.5 Å². The number of rotatable bonds is 4. The van der Waals surface area contributed by atoms with Crippen molar-refractivity contribution in [3.05, 3.63) is 18.0 Å². The van der Waals surface area contributed by atoms with Gasteiger partial charge in [0, 0.05) is 12.6 Å².